The molecular formula is C14H15N3O. The van der Waals surface area contributed by atoms with Gasteiger partial charge in [-0.2, -0.15) is 5.10 Å². The first-order valence-electron chi connectivity index (χ1n) is 6.05. The Kier molecular flexibility index (Phi) is 2.63. The van der Waals surface area contributed by atoms with Gasteiger partial charge in [0.25, 0.3) is 0 Å². The lowest BCUT2D eigenvalue weighted by Gasteiger charge is -2.08. The number of nitrogens with two attached hydrogens (primary N) is 1. The quantitative estimate of drug-likeness (QED) is 0.897. The highest BCUT2D eigenvalue weighted by molar-refractivity contribution is 5.74. The van der Waals surface area contributed by atoms with Crippen molar-refractivity contribution in [3.63, 3.8) is 0 Å². The summed E-state index contributed by atoms with van der Waals surface area (Å²) >= 11 is 0. The van der Waals surface area contributed by atoms with Crippen LogP contribution in [0.1, 0.15) is 24.5 Å². The fraction of sp³-hybridized carbons (Fsp3) is 0.286. The molecule has 92 valence electrons. The van der Waals surface area contributed by atoms with Crippen molar-refractivity contribution in [2.45, 2.75) is 18.8 Å². The molecule has 0 radical (unpaired) electrons. The standard InChI is InChI=1S/C14H15N3O/c1-18-11-4-2-3-10(7-11)12-8-13(9-5-6-9)16-17-14(12)15/h2-4,7-9H,5-6H2,1H3,(H2,15,17). The van der Waals surface area contributed by atoms with Gasteiger partial charge in [0.15, 0.2) is 5.82 Å². The van der Waals surface area contributed by atoms with E-state index in [9.17, 15) is 0 Å². The summed E-state index contributed by atoms with van der Waals surface area (Å²) in [4.78, 5) is 0. The van der Waals surface area contributed by atoms with Crippen LogP contribution in [0.5, 0.6) is 5.75 Å². The number of ether oxygens (including phenoxy) is 1. The summed E-state index contributed by atoms with van der Waals surface area (Å²) in [6.07, 6.45) is 2.41. The average molecular weight is 241 g/mol. The third-order valence-electron chi connectivity index (χ3n) is 3.22. The molecule has 0 saturated heterocycles. The minimum absolute atomic E-state index is 0.465. The van der Waals surface area contributed by atoms with Crippen molar-refractivity contribution in [3.8, 4) is 16.9 Å². The fourth-order valence-corrected chi connectivity index (χ4v) is 2.02. The number of benzene rings is 1. The van der Waals surface area contributed by atoms with Gasteiger partial charge in [-0.05, 0) is 36.6 Å². The Morgan fingerprint density at radius 2 is 2.06 bits per heavy atom. The summed E-state index contributed by atoms with van der Waals surface area (Å²) in [5.41, 5.74) is 8.92. The molecule has 1 saturated carbocycles. The molecule has 0 aliphatic heterocycles. The zero-order valence-electron chi connectivity index (χ0n) is 10.3. The number of aromatic nitrogens is 2. The molecule has 4 nitrogen and oxygen atoms in total. The molecule has 4 heteroatoms. The molecule has 1 aliphatic carbocycles. The normalized spacial score (nSPS) is 14.5. The second-order valence-electron chi connectivity index (χ2n) is 4.57. The third-order valence-corrected chi connectivity index (χ3v) is 3.22. The molecule has 2 N–H and O–H groups in total. The van der Waals surface area contributed by atoms with Crippen LogP contribution in [0.3, 0.4) is 0 Å². The molecule has 0 bridgehead atoms. The number of methoxy groups -OCH3 is 1. The summed E-state index contributed by atoms with van der Waals surface area (Å²) in [6, 6.07) is 9.88. The number of hydrogen-bond acceptors (Lipinski definition) is 4. The van der Waals surface area contributed by atoms with Crippen LogP contribution in [0.4, 0.5) is 5.82 Å². The summed E-state index contributed by atoms with van der Waals surface area (Å²) in [7, 11) is 1.66. The minimum atomic E-state index is 0.465. The van der Waals surface area contributed by atoms with Crippen LogP contribution in [0.15, 0.2) is 30.3 Å². The van der Waals surface area contributed by atoms with Crippen LogP contribution in [0, 0.1) is 0 Å². The van der Waals surface area contributed by atoms with Gasteiger partial charge in [0.1, 0.15) is 5.75 Å². The first-order chi connectivity index (χ1) is 8.78. The number of hydrogen-bond donors (Lipinski definition) is 1. The van der Waals surface area contributed by atoms with E-state index in [1.165, 1.54) is 12.8 Å². The SMILES string of the molecule is COc1cccc(-c2cc(C3CC3)nnc2N)c1. The van der Waals surface area contributed by atoms with Crippen LogP contribution in [0.2, 0.25) is 0 Å². The molecule has 3 rings (SSSR count). The van der Waals surface area contributed by atoms with Crippen LogP contribution in [-0.4, -0.2) is 17.3 Å². The van der Waals surface area contributed by atoms with Crippen LogP contribution in [0.25, 0.3) is 11.1 Å². The van der Waals surface area contributed by atoms with Gasteiger partial charge in [-0.3, -0.25) is 0 Å². The van der Waals surface area contributed by atoms with E-state index in [0.717, 1.165) is 22.6 Å². The van der Waals surface area contributed by atoms with Gasteiger partial charge in [0.2, 0.25) is 0 Å². The lowest BCUT2D eigenvalue weighted by molar-refractivity contribution is 0.415. The molecule has 0 unspecified atom stereocenters. The Bertz CT molecular complexity index is 579. The van der Waals surface area contributed by atoms with E-state index >= 15 is 0 Å². The maximum absolute atomic E-state index is 5.92. The summed E-state index contributed by atoms with van der Waals surface area (Å²) in [6.45, 7) is 0. The topological polar surface area (TPSA) is 61.0 Å². The van der Waals surface area contributed by atoms with Crippen LogP contribution in [-0.2, 0) is 0 Å². The maximum atomic E-state index is 5.92. The van der Waals surface area contributed by atoms with Crippen molar-refractivity contribution in [2.24, 2.45) is 0 Å². The lowest BCUT2D eigenvalue weighted by atomic mass is 10.1. The smallest absolute Gasteiger partial charge is 0.153 e. The largest absolute Gasteiger partial charge is 0.497 e. The number of anilines is 1. The van der Waals surface area contributed by atoms with Gasteiger partial charge in [0, 0.05) is 11.5 Å². The van der Waals surface area contributed by atoms with Crippen molar-refractivity contribution in [3.05, 3.63) is 36.0 Å². The monoisotopic (exact) mass is 241 g/mol. The fourth-order valence-electron chi connectivity index (χ4n) is 2.02. The molecule has 1 fully saturated rings. The van der Waals surface area contributed by atoms with Crippen molar-refractivity contribution >= 4 is 5.82 Å². The maximum Gasteiger partial charge on any atom is 0.153 e. The molecule has 0 amide bonds. The molecule has 1 aliphatic rings. The Balaban J connectivity index is 2.05. The highest BCUT2D eigenvalue weighted by atomic mass is 16.5. The Morgan fingerprint density at radius 3 is 2.78 bits per heavy atom. The molecule has 1 heterocycles. The molecule has 18 heavy (non-hydrogen) atoms. The summed E-state index contributed by atoms with van der Waals surface area (Å²) in [5, 5.41) is 8.22. The minimum Gasteiger partial charge on any atom is -0.497 e. The van der Waals surface area contributed by atoms with E-state index < -0.39 is 0 Å². The predicted octanol–water partition coefficient (Wildman–Crippen LogP) is 2.61. The van der Waals surface area contributed by atoms with Crippen molar-refractivity contribution in [2.75, 3.05) is 12.8 Å². The van der Waals surface area contributed by atoms with Gasteiger partial charge in [-0.15, -0.1) is 5.10 Å². The molecule has 0 spiro atoms. The number of nitrogens with zero attached hydrogens (tertiary/aromatic N) is 2. The van der Waals surface area contributed by atoms with E-state index in [2.05, 4.69) is 16.3 Å². The summed E-state index contributed by atoms with van der Waals surface area (Å²) < 4.78 is 5.23. The van der Waals surface area contributed by atoms with E-state index in [4.69, 9.17) is 10.5 Å². The second kappa shape index (κ2) is 4.29. The zero-order chi connectivity index (χ0) is 12.5. The van der Waals surface area contributed by atoms with Gasteiger partial charge >= 0.3 is 0 Å². The molecule has 2 aromatic rings. The Labute approximate surface area is 106 Å². The van der Waals surface area contributed by atoms with Gasteiger partial charge in [-0.1, -0.05) is 12.1 Å². The third kappa shape index (κ3) is 2.01. The van der Waals surface area contributed by atoms with Gasteiger partial charge in [0.05, 0.1) is 12.8 Å². The van der Waals surface area contributed by atoms with Crippen LogP contribution >= 0.6 is 0 Å². The molecule has 1 aromatic carbocycles. The first-order valence-corrected chi connectivity index (χ1v) is 6.05. The van der Waals surface area contributed by atoms with E-state index in [1.807, 2.05) is 24.3 Å². The van der Waals surface area contributed by atoms with Crippen molar-refractivity contribution < 1.29 is 4.74 Å². The highest BCUT2D eigenvalue weighted by Gasteiger charge is 2.26. The van der Waals surface area contributed by atoms with E-state index in [1.54, 1.807) is 7.11 Å². The Hall–Kier alpha value is -2.10. The van der Waals surface area contributed by atoms with Crippen molar-refractivity contribution in [1.82, 2.24) is 10.2 Å². The van der Waals surface area contributed by atoms with Gasteiger partial charge < -0.3 is 10.5 Å². The highest BCUT2D eigenvalue weighted by Crippen LogP contribution is 2.40. The molecular weight excluding hydrogens is 226 g/mol. The lowest BCUT2D eigenvalue weighted by Crippen LogP contribution is -2.00. The number of nitrogen functional groups attached to an aromatic ring is 1. The van der Waals surface area contributed by atoms with Crippen molar-refractivity contribution in [1.29, 1.82) is 0 Å². The first kappa shape index (κ1) is 11.0. The second-order valence-corrected chi connectivity index (χ2v) is 4.57. The van der Waals surface area contributed by atoms with E-state index in [0.29, 0.717) is 11.7 Å². The Morgan fingerprint density at radius 1 is 1.22 bits per heavy atom. The zero-order valence-corrected chi connectivity index (χ0v) is 10.3. The molecule has 0 atom stereocenters. The van der Waals surface area contributed by atoms with E-state index in [-0.39, 0.29) is 0 Å². The predicted molar refractivity (Wildman–Crippen MR) is 70.4 cm³/mol. The average Bonchev–Trinajstić information content (AvgIpc) is 3.24. The number of rotatable bonds is 3. The summed E-state index contributed by atoms with van der Waals surface area (Å²) in [5.74, 6) is 1.85. The molecule has 1 aromatic heterocycles. The van der Waals surface area contributed by atoms with Gasteiger partial charge in [-0.25, -0.2) is 0 Å². The van der Waals surface area contributed by atoms with Crippen LogP contribution < -0.4 is 10.5 Å².